The minimum atomic E-state index is -0.312. The molecule has 0 aliphatic carbocycles. The quantitative estimate of drug-likeness (QED) is 0.655. The van der Waals surface area contributed by atoms with Crippen molar-refractivity contribution in [2.24, 2.45) is 0 Å². The van der Waals surface area contributed by atoms with Gasteiger partial charge in [-0.15, -0.1) is 0 Å². The molecule has 1 aliphatic rings. The molecule has 0 bridgehead atoms. The van der Waals surface area contributed by atoms with E-state index in [0.29, 0.717) is 11.4 Å². The number of hydrogen-bond donors (Lipinski definition) is 2. The van der Waals surface area contributed by atoms with Crippen LogP contribution < -0.4 is 10.6 Å². The lowest BCUT2D eigenvalue weighted by Gasteiger charge is -2.12. The number of amides is 2. The number of anilines is 2. The highest BCUT2D eigenvalue weighted by molar-refractivity contribution is 9.09. The Morgan fingerprint density at radius 1 is 1.05 bits per heavy atom. The maximum Gasteiger partial charge on any atom is 0.233 e. The Bertz CT molecular complexity index is 667. The molecule has 2 N–H and O–H groups in total. The lowest BCUT2D eigenvalue weighted by atomic mass is 10.1. The second-order valence-electron chi connectivity index (χ2n) is 4.50. The molecule has 1 aromatic carbocycles. The first-order chi connectivity index (χ1) is 9.63. The van der Waals surface area contributed by atoms with Crippen LogP contribution >= 0.6 is 15.9 Å². The Morgan fingerprint density at radius 3 is 2.50 bits per heavy atom. The summed E-state index contributed by atoms with van der Waals surface area (Å²) in [5.74, 6) is -0.618. The summed E-state index contributed by atoms with van der Waals surface area (Å²) in [7, 11) is 0. The summed E-state index contributed by atoms with van der Waals surface area (Å²) in [6, 6.07) is 7.38. The molecule has 2 heterocycles. The number of halogens is 1. The normalized spacial score (nSPS) is 15.8. The van der Waals surface area contributed by atoms with Gasteiger partial charge in [0.1, 0.15) is 6.42 Å². The number of nitrogens with one attached hydrogen (secondary N) is 2. The first-order valence-electron chi connectivity index (χ1n) is 6.03. The fraction of sp³-hybridized carbons (Fsp3) is 0.143. The van der Waals surface area contributed by atoms with Crippen LogP contribution in [0.1, 0.15) is 22.4 Å². The van der Waals surface area contributed by atoms with Crippen LogP contribution in [-0.4, -0.2) is 11.8 Å². The van der Waals surface area contributed by atoms with Crippen molar-refractivity contribution in [3.05, 3.63) is 47.9 Å². The fourth-order valence-corrected chi connectivity index (χ4v) is 2.62. The smallest absolute Gasteiger partial charge is 0.233 e. The molecule has 20 heavy (non-hydrogen) atoms. The molecule has 102 valence electrons. The zero-order valence-corrected chi connectivity index (χ0v) is 11.9. The Balaban J connectivity index is 1.96. The van der Waals surface area contributed by atoms with Gasteiger partial charge in [0.2, 0.25) is 11.8 Å². The van der Waals surface area contributed by atoms with E-state index in [2.05, 4.69) is 26.6 Å². The van der Waals surface area contributed by atoms with Crippen LogP contribution in [0.5, 0.6) is 0 Å². The van der Waals surface area contributed by atoms with Gasteiger partial charge in [0.05, 0.1) is 28.7 Å². The largest absolute Gasteiger partial charge is 0.472 e. The summed E-state index contributed by atoms with van der Waals surface area (Å²) in [5, 5.41) is 5.42. The number of alkyl halides is 1. The number of furan rings is 1. The van der Waals surface area contributed by atoms with Gasteiger partial charge >= 0.3 is 0 Å². The molecular formula is C14H11BrN2O3. The van der Waals surface area contributed by atoms with E-state index >= 15 is 0 Å². The van der Waals surface area contributed by atoms with Crippen LogP contribution in [0.25, 0.3) is 0 Å². The lowest BCUT2D eigenvalue weighted by Crippen LogP contribution is -2.16. The van der Waals surface area contributed by atoms with Gasteiger partial charge in [0.25, 0.3) is 0 Å². The molecule has 2 aromatic rings. The molecular weight excluding hydrogens is 324 g/mol. The zero-order valence-electron chi connectivity index (χ0n) is 10.4. The third kappa shape index (κ3) is 2.46. The topological polar surface area (TPSA) is 71.3 Å². The zero-order chi connectivity index (χ0) is 14.1. The first kappa shape index (κ1) is 12.9. The highest BCUT2D eigenvalue weighted by atomic mass is 79.9. The summed E-state index contributed by atoms with van der Waals surface area (Å²) < 4.78 is 5.06. The summed E-state index contributed by atoms with van der Waals surface area (Å²) in [4.78, 5) is 23.0. The molecule has 6 heteroatoms. The van der Waals surface area contributed by atoms with Crippen molar-refractivity contribution in [1.82, 2.24) is 0 Å². The fourth-order valence-electron chi connectivity index (χ4n) is 2.08. The van der Waals surface area contributed by atoms with Gasteiger partial charge in [0.15, 0.2) is 0 Å². The van der Waals surface area contributed by atoms with Crippen molar-refractivity contribution in [1.29, 1.82) is 0 Å². The molecule has 0 spiro atoms. The molecule has 2 amide bonds. The van der Waals surface area contributed by atoms with Crippen LogP contribution in [0.15, 0.2) is 41.2 Å². The highest BCUT2D eigenvalue weighted by Crippen LogP contribution is 2.35. The summed E-state index contributed by atoms with van der Waals surface area (Å²) in [6.07, 6.45) is 3.10. The Morgan fingerprint density at radius 2 is 1.80 bits per heavy atom. The van der Waals surface area contributed by atoms with E-state index in [1.807, 2.05) is 18.2 Å². The van der Waals surface area contributed by atoms with E-state index in [0.717, 1.165) is 11.1 Å². The number of hydrogen-bond acceptors (Lipinski definition) is 3. The van der Waals surface area contributed by atoms with Crippen molar-refractivity contribution in [3.8, 4) is 0 Å². The first-order valence-corrected chi connectivity index (χ1v) is 6.95. The van der Waals surface area contributed by atoms with Crippen LogP contribution in [0.3, 0.4) is 0 Å². The van der Waals surface area contributed by atoms with Crippen molar-refractivity contribution in [3.63, 3.8) is 0 Å². The molecule has 0 saturated carbocycles. The van der Waals surface area contributed by atoms with Crippen LogP contribution in [-0.2, 0) is 9.59 Å². The second kappa shape index (κ2) is 5.13. The Kier molecular flexibility index (Phi) is 3.31. The van der Waals surface area contributed by atoms with Crippen LogP contribution in [0, 0.1) is 0 Å². The van der Waals surface area contributed by atoms with Crippen molar-refractivity contribution in [2.45, 2.75) is 11.2 Å². The molecule has 5 nitrogen and oxygen atoms in total. The van der Waals surface area contributed by atoms with Gasteiger partial charge < -0.3 is 15.1 Å². The predicted octanol–water partition coefficient (Wildman–Crippen LogP) is 3.04. The number of rotatable bonds is 2. The Labute approximate surface area is 123 Å². The van der Waals surface area contributed by atoms with E-state index in [9.17, 15) is 9.59 Å². The molecule has 1 aliphatic heterocycles. The summed E-state index contributed by atoms with van der Waals surface area (Å²) in [5.41, 5.74) is 3.15. The minimum absolute atomic E-state index is 0.0394. The third-order valence-electron chi connectivity index (χ3n) is 3.04. The van der Waals surface area contributed by atoms with Crippen molar-refractivity contribution in [2.75, 3.05) is 10.6 Å². The maximum atomic E-state index is 11.6. The van der Waals surface area contributed by atoms with Crippen molar-refractivity contribution >= 4 is 39.1 Å². The molecule has 1 atom stereocenters. The molecule has 1 aromatic heterocycles. The number of carbonyl (C=O) groups is 2. The van der Waals surface area contributed by atoms with Crippen molar-refractivity contribution < 1.29 is 14.0 Å². The van der Waals surface area contributed by atoms with Crippen LogP contribution in [0.2, 0.25) is 0 Å². The van der Waals surface area contributed by atoms with Gasteiger partial charge in [-0.25, -0.2) is 0 Å². The minimum Gasteiger partial charge on any atom is -0.472 e. The molecule has 0 radical (unpaired) electrons. The number of benzene rings is 1. The van der Waals surface area contributed by atoms with Gasteiger partial charge in [-0.2, -0.15) is 0 Å². The van der Waals surface area contributed by atoms with Crippen LogP contribution in [0.4, 0.5) is 11.4 Å². The summed E-state index contributed by atoms with van der Waals surface area (Å²) in [6.45, 7) is 0. The molecule has 1 unspecified atom stereocenters. The monoisotopic (exact) mass is 334 g/mol. The Hall–Kier alpha value is -2.08. The molecule has 0 saturated heterocycles. The highest BCUT2D eigenvalue weighted by Gasteiger charge is 2.20. The third-order valence-corrected chi connectivity index (χ3v) is 4.10. The van der Waals surface area contributed by atoms with Gasteiger partial charge in [-0.3, -0.25) is 9.59 Å². The van der Waals surface area contributed by atoms with Gasteiger partial charge in [-0.05, 0) is 23.8 Å². The average Bonchev–Trinajstić information content (AvgIpc) is 2.88. The summed E-state index contributed by atoms with van der Waals surface area (Å²) >= 11 is 3.59. The SMILES string of the molecule is O=C1CC(=O)Nc2cc(C(Br)c3ccoc3)ccc2N1. The van der Waals surface area contributed by atoms with Gasteiger partial charge in [0, 0.05) is 5.56 Å². The maximum absolute atomic E-state index is 11.6. The lowest BCUT2D eigenvalue weighted by molar-refractivity contribution is -0.123. The number of carbonyl (C=O) groups excluding carboxylic acids is 2. The second-order valence-corrected chi connectivity index (χ2v) is 5.41. The van der Waals surface area contributed by atoms with E-state index in [1.54, 1.807) is 18.6 Å². The standard InChI is InChI=1S/C14H11BrN2O3/c15-14(9-3-4-20-7-9)8-1-2-10-11(5-8)17-13(19)6-12(18)16-10/h1-5,7,14H,6H2,(H,16,18)(H,17,19). The van der Waals surface area contributed by atoms with E-state index < -0.39 is 0 Å². The van der Waals surface area contributed by atoms with Gasteiger partial charge in [-0.1, -0.05) is 22.0 Å². The number of fused-ring (bicyclic) bond motifs is 1. The average molecular weight is 335 g/mol. The van der Waals surface area contributed by atoms with E-state index in [-0.39, 0.29) is 23.1 Å². The molecule has 3 rings (SSSR count). The van der Waals surface area contributed by atoms with E-state index in [4.69, 9.17) is 4.42 Å². The molecule has 0 fully saturated rings. The predicted molar refractivity (Wildman–Crippen MR) is 77.8 cm³/mol. The van der Waals surface area contributed by atoms with E-state index in [1.165, 1.54) is 0 Å².